The molecule has 2 aromatic carbocycles. The van der Waals surface area contributed by atoms with Crippen molar-refractivity contribution < 1.29 is 14.1 Å². The number of nitro benzene ring substituents is 2. The van der Waals surface area contributed by atoms with Gasteiger partial charge in [0.25, 0.3) is 11.4 Å². The smallest absolute Gasteiger partial charge is 0.258 e. The number of hydrogen-bond donors (Lipinski definition) is 0. The maximum absolute atomic E-state index is 12.5. The minimum absolute atomic E-state index is 0.276. The first-order valence-corrected chi connectivity index (χ1v) is 6.97. The molecule has 0 fully saturated rings. The molecule has 0 N–H and O–H groups in total. The molecule has 21 heavy (non-hydrogen) atoms. The Bertz CT molecular complexity index is 710. The van der Waals surface area contributed by atoms with Gasteiger partial charge in [0.15, 0.2) is 4.90 Å². The summed E-state index contributed by atoms with van der Waals surface area (Å²) < 4.78 is 12.5. The fourth-order valence-corrected chi connectivity index (χ4v) is 3.05. The van der Waals surface area contributed by atoms with E-state index in [1.165, 1.54) is 18.2 Å². The molecule has 0 aliphatic carbocycles. The number of benzene rings is 2. The van der Waals surface area contributed by atoms with E-state index in [4.69, 9.17) is 0 Å². The van der Waals surface area contributed by atoms with Crippen LogP contribution in [0.4, 0.5) is 11.4 Å². The lowest BCUT2D eigenvalue weighted by atomic mass is 10.2. The van der Waals surface area contributed by atoms with Crippen LogP contribution < -0.4 is 0 Å². The SMILES string of the molecule is Cc1ccc(S(=O)c2c([N+](=O)[O-])cccc2[N+](=O)[O-])cc1. The Kier molecular flexibility index (Phi) is 4.08. The third-order valence-electron chi connectivity index (χ3n) is 2.79. The van der Waals surface area contributed by atoms with Crippen molar-refractivity contribution in [3.05, 3.63) is 68.3 Å². The molecule has 1 atom stereocenters. The second-order valence-electron chi connectivity index (χ2n) is 4.22. The fraction of sp³-hybridized carbons (Fsp3) is 0.0769. The number of hydrogen-bond acceptors (Lipinski definition) is 5. The molecule has 2 rings (SSSR count). The predicted octanol–water partition coefficient (Wildman–Crippen LogP) is 2.98. The van der Waals surface area contributed by atoms with Crippen LogP contribution in [0.25, 0.3) is 0 Å². The second kappa shape index (κ2) is 5.80. The zero-order valence-electron chi connectivity index (χ0n) is 10.9. The van der Waals surface area contributed by atoms with E-state index in [1.807, 2.05) is 6.92 Å². The third-order valence-corrected chi connectivity index (χ3v) is 4.28. The lowest BCUT2D eigenvalue weighted by Gasteiger charge is -2.05. The van der Waals surface area contributed by atoms with Crippen molar-refractivity contribution in [1.29, 1.82) is 0 Å². The molecule has 0 spiro atoms. The van der Waals surface area contributed by atoms with Crippen LogP contribution in [-0.4, -0.2) is 14.1 Å². The monoisotopic (exact) mass is 306 g/mol. The van der Waals surface area contributed by atoms with Crippen molar-refractivity contribution in [2.45, 2.75) is 16.7 Å². The second-order valence-corrected chi connectivity index (χ2v) is 5.64. The average molecular weight is 306 g/mol. The first-order chi connectivity index (χ1) is 9.91. The van der Waals surface area contributed by atoms with Crippen LogP contribution in [0.3, 0.4) is 0 Å². The fourth-order valence-electron chi connectivity index (χ4n) is 1.77. The first-order valence-electron chi connectivity index (χ1n) is 5.82. The van der Waals surface area contributed by atoms with Gasteiger partial charge in [0.2, 0.25) is 0 Å². The minimum atomic E-state index is -2.00. The van der Waals surface area contributed by atoms with Gasteiger partial charge in [-0.15, -0.1) is 0 Å². The highest BCUT2D eigenvalue weighted by atomic mass is 32.2. The van der Waals surface area contributed by atoms with E-state index < -0.39 is 36.9 Å². The van der Waals surface area contributed by atoms with Gasteiger partial charge in [-0.3, -0.25) is 20.2 Å². The van der Waals surface area contributed by atoms with Gasteiger partial charge < -0.3 is 0 Å². The van der Waals surface area contributed by atoms with Crippen LogP contribution in [0.2, 0.25) is 0 Å². The highest BCUT2D eigenvalue weighted by Gasteiger charge is 2.30. The maximum Gasteiger partial charge on any atom is 0.292 e. The molecule has 0 radical (unpaired) electrons. The van der Waals surface area contributed by atoms with Crippen LogP contribution in [-0.2, 0) is 10.8 Å². The molecule has 0 heterocycles. The van der Waals surface area contributed by atoms with Crippen molar-refractivity contribution in [1.82, 2.24) is 0 Å². The molecule has 0 bridgehead atoms. The highest BCUT2D eigenvalue weighted by molar-refractivity contribution is 7.85. The van der Waals surface area contributed by atoms with Gasteiger partial charge in [-0.2, -0.15) is 0 Å². The van der Waals surface area contributed by atoms with Crippen molar-refractivity contribution in [3.8, 4) is 0 Å². The zero-order valence-corrected chi connectivity index (χ0v) is 11.7. The summed E-state index contributed by atoms with van der Waals surface area (Å²) in [6, 6.07) is 9.86. The van der Waals surface area contributed by atoms with Crippen LogP contribution in [0, 0.1) is 27.2 Å². The van der Waals surface area contributed by atoms with Crippen molar-refractivity contribution in [2.75, 3.05) is 0 Å². The molecule has 108 valence electrons. The molecule has 0 saturated carbocycles. The van der Waals surface area contributed by atoms with Gasteiger partial charge >= 0.3 is 0 Å². The molecule has 0 amide bonds. The summed E-state index contributed by atoms with van der Waals surface area (Å²) in [7, 11) is -2.00. The van der Waals surface area contributed by atoms with E-state index in [0.717, 1.165) is 17.7 Å². The Hall–Kier alpha value is -2.61. The van der Waals surface area contributed by atoms with Gasteiger partial charge in [-0.05, 0) is 25.1 Å². The summed E-state index contributed by atoms with van der Waals surface area (Å²) >= 11 is 0. The van der Waals surface area contributed by atoms with Gasteiger partial charge in [0, 0.05) is 17.0 Å². The molecule has 1 unspecified atom stereocenters. The molecule has 0 saturated heterocycles. The average Bonchev–Trinajstić information content (AvgIpc) is 2.46. The Morgan fingerprint density at radius 3 is 1.81 bits per heavy atom. The Morgan fingerprint density at radius 1 is 0.905 bits per heavy atom. The molecule has 0 aliphatic rings. The van der Waals surface area contributed by atoms with E-state index in [1.54, 1.807) is 12.1 Å². The quantitative estimate of drug-likeness (QED) is 0.638. The van der Waals surface area contributed by atoms with Gasteiger partial charge in [0.05, 0.1) is 20.6 Å². The van der Waals surface area contributed by atoms with E-state index >= 15 is 0 Å². The van der Waals surface area contributed by atoms with E-state index in [-0.39, 0.29) is 4.90 Å². The van der Waals surface area contributed by atoms with Gasteiger partial charge in [0.1, 0.15) is 0 Å². The lowest BCUT2D eigenvalue weighted by Crippen LogP contribution is -2.03. The summed E-state index contributed by atoms with van der Waals surface area (Å²) in [6.45, 7) is 1.83. The molecule has 7 nitrogen and oxygen atoms in total. The normalized spacial score (nSPS) is 11.9. The van der Waals surface area contributed by atoms with Crippen molar-refractivity contribution >= 4 is 22.2 Å². The summed E-state index contributed by atoms with van der Waals surface area (Å²) in [5, 5.41) is 22.1. The molecular weight excluding hydrogens is 296 g/mol. The summed E-state index contributed by atoms with van der Waals surface area (Å²) in [5.41, 5.74) is -0.126. The van der Waals surface area contributed by atoms with Crippen LogP contribution in [0.15, 0.2) is 52.3 Å². The standard InChI is InChI=1S/C13H10N2O5S/c1-9-5-7-10(8-6-9)21(20)13-11(14(16)17)3-2-4-12(13)15(18)19/h2-8H,1H3. The summed E-state index contributed by atoms with van der Waals surface area (Å²) in [5.74, 6) is 0. The molecule has 0 aromatic heterocycles. The maximum atomic E-state index is 12.5. The van der Waals surface area contributed by atoms with Gasteiger partial charge in [-0.1, -0.05) is 17.7 Å². The van der Waals surface area contributed by atoms with E-state index in [2.05, 4.69) is 0 Å². The minimum Gasteiger partial charge on any atom is -0.258 e. The van der Waals surface area contributed by atoms with Crippen LogP contribution in [0.1, 0.15) is 5.56 Å². The Morgan fingerprint density at radius 2 is 1.38 bits per heavy atom. The zero-order chi connectivity index (χ0) is 15.6. The third kappa shape index (κ3) is 2.95. The number of rotatable bonds is 4. The molecule has 2 aromatic rings. The lowest BCUT2D eigenvalue weighted by molar-refractivity contribution is -0.399. The number of nitro groups is 2. The Labute approximate surface area is 122 Å². The largest absolute Gasteiger partial charge is 0.292 e. The van der Waals surface area contributed by atoms with E-state index in [0.29, 0.717) is 0 Å². The topological polar surface area (TPSA) is 103 Å². The van der Waals surface area contributed by atoms with Crippen molar-refractivity contribution in [2.24, 2.45) is 0 Å². The first kappa shape index (κ1) is 14.8. The van der Waals surface area contributed by atoms with Gasteiger partial charge in [-0.25, -0.2) is 4.21 Å². The van der Waals surface area contributed by atoms with Crippen molar-refractivity contribution in [3.63, 3.8) is 0 Å². The molecular formula is C13H10N2O5S. The van der Waals surface area contributed by atoms with Crippen LogP contribution >= 0.6 is 0 Å². The van der Waals surface area contributed by atoms with Crippen LogP contribution in [0.5, 0.6) is 0 Å². The number of aryl methyl sites for hydroxylation is 1. The highest BCUT2D eigenvalue weighted by Crippen LogP contribution is 2.34. The number of nitrogens with zero attached hydrogens (tertiary/aromatic N) is 2. The molecule has 8 heteroatoms. The Balaban J connectivity index is 2.65. The summed E-state index contributed by atoms with van der Waals surface area (Å²) in [4.78, 5) is 20.4. The summed E-state index contributed by atoms with van der Waals surface area (Å²) in [6.07, 6.45) is 0. The predicted molar refractivity (Wildman–Crippen MR) is 75.6 cm³/mol. The van der Waals surface area contributed by atoms with E-state index in [9.17, 15) is 24.4 Å². The molecule has 0 aliphatic heterocycles.